The zero-order valence-electron chi connectivity index (χ0n) is 11.1. The summed E-state index contributed by atoms with van der Waals surface area (Å²) in [4.78, 5) is 25.0. The molecule has 0 saturated carbocycles. The van der Waals surface area contributed by atoms with Crippen molar-refractivity contribution < 1.29 is 9.59 Å². The molecule has 1 heterocycles. The summed E-state index contributed by atoms with van der Waals surface area (Å²) in [6.07, 6.45) is 1.43. The fourth-order valence-electron chi connectivity index (χ4n) is 2.33. The van der Waals surface area contributed by atoms with Gasteiger partial charge in [0.2, 0.25) is 11.8 Å². The van der Waals surface area contributed by atoms with E-state index in [1.165, 1.54) is 0 Å². The highest BCUT2D eigenvalue weighted by atomic mass is 35.5. The largest absolute Gasteiger partial charge is 0.369 e. The predicted octanol–water partition coefficient (Wildman–Crippen LogP) is 1.48. The number of nitrogens with zero attached hydrogens (tertiary/aromatic N) is 1. The SMILES string of the molecule is NC(=O)C1CCN(CC(=O)Nc2ccccc2Cl)CC1. The van der Waals surface area contributed by atoms with E-state index in [-0.39, 0.29) is 17.7 Å². The van der Waals surface area contributed by atoms with Crippen molar-refractivity contribution in [2.24, 2.45) is 11.7 Å². The fraction of sp³-hybridized carbons (Fsp3) is 0.429. The van der Waals surface area contributed by atoms with Gasteiger partial charge in [-0.1, -0.05) is 23.7 Å². The van der Waals surface area contributed by atoms with E-state index in [4.69, 9.17) is 17.3 Å². The van der Waals surface area contributed by atoms with Gasteiger partial charge < -0.3 is 11.1 Å². The molecule has 2 amide bonds. The van der Waals surface area contributed by atoms with E-state index in [1.54, 1.807) is 12.1 Å². The number of hydrogen-bond acceptors (Lipinski definition) is 3. The first-order valence-electron chi connectivity index (χ1n) is 6.62. The van der Waals surface area contributed by atoms with Crippen molar-refractivity contribution in [3.8, 4) is 0 Å². The monoisotopic (exact) mass is 295 g/mol. The number of rotatable bonds is 4. The quantitative estimate of drug-likeness (QED) is 0.883. The van der Waals surface area contributed by atoms with Crippen LogP contribution in [0.3, 0.4) is 0 Å². The number of piperidine rings is 1. The van der Waals surface area contributed by atoms with Gasteiger partial charge in [-0.15, -0.1) is 0 Å². The number of carbonyl (C=O) groups is 2. The Labute approximate surface area is 123 Å². The Morgan fingerprint density at radius 3 is 2.55 bits per heavy atom. The molecule has 0 radical (unpaired) electrons. The number of nitrogens with two attached hydrogens (primary N) is 1. The van der Waals surface area contributed by atoms with Gasteiger partial charge in [-0.2, -0.15) is 0 Å². The second-order valence-corrected chi connectivity index (χ2v) is 5.39. The van der Waals surface area contributed by atoms with E-state index in [1.807, 2.05) is 17.0 Å². The van der Waals surface area contributed by atoms with Gasteiger partial charge in [0.1, 0.15) is 0 Å². The minimum Gasteiger partial charge on any atom is -0.369 e. The number of halogens is 1. The molecule has 1 aromatic carbocycles. The third-order valence-corrected chi connectivity index (χ3v) is 3.83. The van der Waals surface area contributed by atoms with Crippen LogP contribution in [0.4, 0.5) is 5.69 Å². The molecule has 0 atom stereocenters. The first-order valence-corrected chi connectivity index (χ1v) is 7.00. The Kier molecular flexibility index (Phi) is 4.98. The second kappa shape index (κ2) is 6.72. The van der Waals surface area contributed by atoms with Gasteiger partial charge in [-0.3, -0.25) is 14.5 Å². The number of anilines is 1. The summed E-state index contributed by atoms with van der Waals surface area (Å²) >= 11 is 5.99. The molecule has 0 spiro atoms. The van der Waals surface area contributed by atoms with Crippen molar-refractivity contribution in [1.82, 2.24) is 4.90 Å². The molecule has 1 aliphatic heterocycles. The Morgan fingerprint density at radius 1 is 1.30 bits per heavy atom. The van der Waals surface area contributed by atoms with E-state index in [0.29, 0.717) is 43.2 Å². The number of para-hydroxylation sites is 1. The molecule has 0 unspecified atom stereocenters. The molecular formula is C14H18ClN3O2. The van der Waals surface area contributed by atoms with Crippen LogP contribution in [-0.2, 0) is 9.59 Å². The van der Waals surface area contributed by atoms with Gasteiger partial charge in [-0.05, 0) is 38.1 Å². The highest BCUT2D eigenvalue weighted by molar-refractivity contribution is 6.33. The summed E-state index contributed by atoms with van der Waals surface area (Å²) in [6.45, 7) is 1.73. The van der Waals surface area contributed by atoms with Crippen molar-refractivity contribution in [2.75, 3.05) is 25.0 Å². The molecule has 1 saturated heterocycles. The van der Waals surface area contributed by atoms with Crippen molar-refractivity contribution >= 4 is 29.1 Å². The molecule has 108 valence electrons. The van der Waals surface area contributed by atoms with Crippen LogP contribution in [0.15, 0.2) is 24.3 Å². The van der Waals surface area contributed by atoms with Crippen LogP contribution in [0.1, 0.15) is 12.8 Å². The molecule has 2 rings (SSSR count). The predicted molar refractivity (Wildman–Crippen MR) is 78.4 cm³/mol. The van der Waals surface area contributed by atoms with Gasteiger partial charge in [-0.25, -0.2) is 0 Å². The van der Waals surface area contributed by atoms with E-state index < -0.39 is 0 Å². The smallest absolute Gasteiger partial charge is 0.238 e. The van der Waals surface area contributed by atoms with E-state index in [9.17, 15) is 9.59 Å². The first kappa shape index (κ1) is 14.8. The lowest BCUT2D eigenvalue weighted by molar-refractivity contribution is -0.123. The number of amides is 2. The van der Waals surface area contributed by atoms with E-state index >= 15 is 0 Å². The third-order valence-electron chi connectivity index (χ3n) is 3.51. The highest BCUT2D eigenvalue weighted by Gasteiger charge is 2.24. The lowest BCUT2D eigenvalue weighted by Gasteiger charge is -2.29. The van der Waals surface area contributed by atoms with Gasteiger partial charge >= 0.3 is 0 Å². The summed E-state index contributed by atoms with van der Waals surface area (Å²) in [5.74, 6) is -0.404. The van der Waals surface area contributed by atoms with Gasteiger partial charge in [0.25, 0.3) is 0 Å². The van der Waals surface area contributed by atoms with Crippen molar-refractivity contribution in [3.63, 3.8) is 0 Å². The number of likely N-dealkylation sites (tertiary alicyclic amines) is 1. The van der Waals surface area contributed by atoms with Gasteiger partial charge in [0.15, 0.2) is 0 Å². The molecule has 20 heavy (non-hydrogen) atoms. The lowest BCUT2D eigenvalue weighted by Crippen LogP contribution is -2.42. The van der Waals surface area contributed by atoms with Crippen molar-refractivity contribution in [2.45, 2.75) is 12.8 Å². The standard InChI is InChI=1S/C14H18ClN3O2/c15-11-3-1-2-4-12(11)17-13(19)9-18-7-5-10(6-8-18)14(16)20/h1-4,10H,5-9H2,(H2,16,20)(H,17,19). The molecule has 5 nitrogen and oxygen atoms in total. The molecule has 0 bridgehead atoms. The number of primary amides is 1. The molecule has 1 aromatic rings. The van der Waals surface area contributed by atoms with Crippen LogP contribution in [0.5, 0.6) is 0 Å². The molecule has 0 aromatic heterocycles. The zero-order valence-corrected chi connectivity index (χ0v) is 11.9. The van der Waals surface area contributed by atoms with Gasteiger partial charge in [0.05, 0.1) is 17.3 Å². The number of benzene rings is 1. The van der Waals surface area contributed by atoms with Crippen molar-refractivity contribution in [1.29, 1.82) is 0 Å². The number of nitrogens with one attached hydrogen (secondary N) is 1. The van der Waals surface area contributed by atoms with E-state index in [0.717, 1.165) is 0 Å². The maximum Gasteiger partial charge on any atom is 0.238 e. The average Bonchev–Trinajstić information content (AvgIpc) is 2.42. The minimum absolute atomic E-state index is 0.0575. The van der Waals surface area contributed by atoms with Crippen LogP contribution in [0, 0.1) is 5.92 Å². The van der Waals surface area contributed by atoms with Gasteiger partial charge in [0, 0.05) is 5.92 Å². The maximum atomic E-state index is 11.9. The summed E-state index contributed by atoms with van der Waals surface area (Å²) in [5, 5.41) is 3.31. The number of carbonyl (C=O) groups excluding carboxylic acids is 2. The Hall–Kier alpha value is -1.59. The number of hydrogen-bond donors (Lipinski definition) is 2. The summed E-state index contributed by atoms with van der Waals surface area (Å²) < 4.78 is 0. The Balaban J connectivity index is 1.81. The highest BCUT2D eigenvalue weighted by Crippen LogP contribution is 2.21. The van der Waals surface area contributed by atoms with Crippen LogP contribution >= 0.6 is 11.6 Å². The summed E-state index contributed by atoms with van der Waals surface area (Å²) in [6, 6.07) is 7.13. The molecule has 0 aliphatic carbocycles. The maximum absolute atomic E-state index is 11.9. The van der Waals surface area contributed by atoms with Crippen LogP contribution in [-0.4, -0.2) is 36.3 Å². The molecule has 1 aliphatic rings. The summed E-state index contributed by atoms with van der Waals surface area (Å²) in [5.41, 5.74) is 5.90. The lowest BCUT2D eigenvalue weighted by atomic mass is 9.96. The normalized spacial score (nSPS) is 16.9. The van der Waals surface area contributed by atoms with Crippen molar-refractivity contribution in [3.05, 3.63) is 29.3 Å². The van der Waals surface area contributed by atoms with Crippen LogP contribution in [0.25, 0.3) is 0 Å². The molecule has 6 heteroatoms. The molecule has 3 N–H and O–H groups in total. The average molecular weight is 296 g/mol. The fourth-order valence-corrected chi connectivity index (χ4v) is 2.51. The molecular weight excluding hydrogens is 278 g/mol. The van der Waals surface area contributed by atoms with Crippen LogP contribution in [0.2, 0.25) is 5.02 Å². The first-order chi connectivity index (χ1) is 9.56. The van der Waals surface area contributed by atoms with E-state index in [2.05, 4.69) is 5.32 Å². The van der Waals surface area contributed by atoms with Crippen LogP contribution < -0.4 is 11.1 Å². The minimum atomic E-state index is -0.245. The zero-order chi connectivity index (χ0) is 14.5. The topological polar surface area (TPSA) is 75.4 Å². The third kappa shape index (κ3) is 3.95. The Morgan fingerprint density at radius 2 is 1.95 bits per heavy atom. The second-order valence-electron chi connectivity index (χ2n) is 4.98. The Bertz CT molecular complexity index is 499. The molecule has 1 fully saturated rings. The summed E-state index contributed by atoms with van der Waals surface area (Å²) in [7, 11) is 0.